The fraction of sp³-hybridized carbons (Fsp3) is 0.292. The summed E-state index contributed by atoms with van der Waals surface area (Å²) < 4.78 is 0. The predicted octanol–water partition coefficient (Wildman–Crippen LogP) is 3.57. The fourth-order valence-electron chi connectivity index (χ4n) is 3.68. The van der Waals surface area contributed by atoms with Crippen LogP contribution in [0, 0.1) is 0 Å². The van der Waals surface area contributed by atoms with Gasteiger partial charge >= 0.3 is 0 Å². The number of aromatic nitrogens is 2. The largest absolute Gasteiger partial charge is 0.337 e. The van der Waals surface area contributed by atoms with Gasteiger partial charge in [-0.15, -0.1) is 0 Å². The van der Waals surface area contributed by atoms with E-state index in [1.54, 1.807) is 24.2 Å². The first-order valence-electron chi connectivity index (χ1n) is 10.3. The molecule has 4 rings (SSSR count). The van der Waals surface area contributed by atoms with Crippen molar-refractivity contribution in [3.8, 4) is 0 Å². The maximum atomic E-state index is 13.4. The van der Waals surface area contributed by atoms with Crippen molar-refractivity contribution in [2.75, 3.05) is 13.1 Å². The smallest absolute Gasteiger partial charge is 0.240 e. The summed E-state index contributed by atoms with van der Waals surface area (Å²) in [6, 6.07) is 22.2. The van der Waals surface area contributed by atoms with Crippen LogP contribution in [0.25, 0.3) is 0 Å². The summed E-state index contributed by atoms with van der Waals surface area (Å²) >= 11 is 1.64. The van der Waals surface area contributed by atoms with Gasteiger partial charge in [0.1, 0.15) is 0 Å². The van der Waals surface area contributed by atoms with Crippen LogP contribution < -0.4 is 5.32 Å². The van der Waals surface area contributed by atoms with E-state index in [0.29, 0.717) is 18.3 Å². The van der Waals surface area contributed by atoms with Gasteiger partial charge in [0.2, 0.25) is 5.91 Å². The summed E-state index contributed by atoms with van der Waals surface area (Å²) in [5.74, 6) is 0.173. The summed E-state index contributed by atoms with van der Waals surface area (Å²) in [5, 5.41) is 4.49. The zero-order valence-electron chi connectivity index (χ0n) is 16.9. The molecular formula is C24H26N4OS. The van der Waals surface area contributed by atoms with E-state index in [1.165, 1.54) is 5.56 Å². The third-order valence-electron chi connectivity index (χ3n) is 5.24. The summed E-state index contributed by atoms with van der Waals surface area (Å²) in [7, 11) is 0. The molecular weight excluding hydrogens is 392 g/mol. The number of hydrogen-bond donors (Lipinski definition) is 1. The molecule has 0 spiro atoms. The number of carbonyl (C=O) groups is 1. The lowest BCUT2D eigenvalue weighted by Gasteiger charge is -2.26. The minimum Gasteiger partial charge on any atom is -0.337 e. The fourth-order valence-corrected chi connectivity index (χ4v) is 4.69. The van der Waals surface area contributed by atoms with Crippen molar-refractivity contribution in [2.45, 2.75) is 35.8 Å². The molecule has 154 valence electrons. The van der Waals surface area contributed by atoms with E-state index >= 15 is 0 Å². The van der Waals surface area contributed by atoms with Crippen LogP contribution in [0.5, 0.6) is 0 Å². The van der Waals surface area contributed by atoms with Gasteiger partial charge in [-0.05, 0) is 30.0 Å². The number of thioether (sulfide) groups is 1. The third kappa shape index (κ3) is 5.68. The van der Waals surface area contributed by atoms with Crippen molar-refractivity contribution in [3.63, 3.8) is 0 Å². The van der Waals surface area contributed by atoms with Gasteiger partial charge in [0.05, 0.1) is 6.04 Å². The first-order chi connectivity index (χ1) is 14.8. The van der Waals surface area contributed by atoms with E-state index in [-0.39, 0.29) is 11.9 Å². The average Bonchev–Trinajstić information content (AvgIpc) is 3.26. The van der Waals surface area contributed by atoms with Crippen molar-refractivity contribution >= 4 is 17.7 Å². The lowest BCUT2D eigenvalue weighted by atomic mass is 10.1. The van der Waals surface area contributed by atoms with Gasteiger partial charge in [-0.1, -0.05) is 72.4 Å². The van der Waals surface area contributed by atoms with Crippen LogP contribution >= 0.6 is 11.8 Å². The van der Waals surface area contributed by atoms with Gasteiger partial charge in [0.25, 0.3) is 0 Å². The Kier molecular flexibility index (Phi) is 7.11. The minimum absolute atomic E-state index is 0.161. The normalized spacial score (nSPS) is 18.3. The van der Waals surface area contributed by atoms with Gasteiger partial charge in [-0.2, -0.15) is 0 Å². The van der Waals surface area contributed by atoms with Crippen LogP contribution in [0.1, 0.15) is 17.5 Å². The highest BCUT2D eigenvalue weighted by molar-refractivity contribution is 7.99. The first-order valence-corrected chi connectivity index (χ1v) is 11.2. The van der Waals surface area contributed by atoms with Crippen LogP contribution in [0.2, 0.25) is 0 Å². The second-order valence-electron chi connectivity index (χ2n) is 7.45. The second kappa shape index (κ2) is 10.4. The molecule has 3 aromatic rings. The summed E-state index contributed by atoms with van der Waals surface area (Å²) in [6.07, 6.45) is 5.15. The molecule has 0 saturated carbocycles. The van der Waals surface area contributed by atoms with Crippen LogP contribution in [0.3, 0.4) is 0 Å². The topological polar surface area (TPSA) is 58.1 Å². The van der Waals surface area contributed by atoms with E-state index in [2.05, 4.69) is 39.6 Å². The highest BCUT2D eigenvalue weighted by Gasteiger charge is 2.33. The van der Waals surface area contributed by atoms with Crippen LogP contribution in [0.15, 0.2) is 84.3 Å². The van der Waals surface area contributed by atoms with Crippen molar-refractivity contribution in [1.29, 1.82) is 0 Å². The Bertz CT molecular complexity index is 924. The quantitative estimate of drug-likeness (QED) is 0.567. The van der Waals surface area contributed by atoms with Gasteiger partial charge in [-0.25, -0.2) is 9.97 Å². The number of benzene rings is 2. The molecule has 1 saturated heterocycles. The molecule has 1 aliphatic heterocycles. The molecule has 2 aromatic carbocycles. The third-order valence-corrected chi connectivity index (χ3v) is 6.36. The Morgan fingerprint density at radius 1 is 0.967 bits per heavy atom. The Balaban J connectivity index is 1.40. The molecule has 0 radical (unpaired) electrons. The van der Waals surface area contributed by atoms with Crippen LogP contribution in [-0.2, 0) is 17.8 Å². The maximum Gasteiger partial charge on any atom is 0.240 e. The lowest BCUT2D eigenvalue weighted by Crippen LogP contribution is -2.44. The number of carbonyl (C=O) groups excluding carboxylic acids is 1. The summed E-state index contributed by atoms with van der Waals surface area (Å²) in [6.45, 7) is 2.12. The lowest BCUT2D eigenvalue weighted by molar-refractivity contribution is -0.133. The van der Waals surface area contributed by atoms with Crippen molar-refractivity contribution in [2.24, 2.45) is 0 Å². The molecule has 5 nitrogen and oxygen atoms in total. The van der Waals surface area contributed by atoms with Gasteiger partial charge in [-0.3, -0.25) is 4.79 Å². The van der Waals surface area contributed by atoms with Gasteiger partial charge < -0.3 is 10.2 Å². The Labute approximate surface area is 181 Å². The molecule has 6 heteroatoms. The van der Waals surface area contributed by atoms with E-state index in [1.807, 2.05) is 47.4 Å². The number of amides is 1. The highest BCUT2D eigenvalue weighted by Crippen LogP contribution is 2.27. The van der Waals surface area contributed by atoms with Crippen molar-refractivity contribution in [3.05, 3.63) is 90.3 Å². The van der Waals surface area contributed by atoms with Crippen LogP contribution in [0.4, 0.5) is 0 Å². The van der Waals surface area contributed by atoms with E-state index in [0.717, 1.165) is 30.1 Å². The predicted molar refractivity (Wildman–Crippen MR) is 120 cm³/mol. The maximum absolute atomic E-state index is 13.4. The molecule has 2 atom stereocenters. The number of rotatable bonds is 8. The SMILES string of the molecule is O=C([C@@H]1C[C@H](Sc2ncccn2)CN1)N(CCc1ccccc1)Cc1ccccc1. The molecule has 2 heterocycles. The first kappa shape index (κ1) is 20.6. The van der Waals surface area contributed by atoms with Gasteiger partial charge in [0, 0.05) is 37.3 Å². The molecule has 1 amide bonds. The summed E-state index contributed by atoms with van der Waals surface area (Å²) in [4.78, 5) is 24.0. The molecule has 0 unspecified atom stereocenters. The molecule has 1 aliphatic rings. The molecule has 1 fully saturated rings. The molecule has 1 N–H and O–H groups in total. The molecule has 0 bridgehead atoms. The van der Waals surface area contributed by atoms with E-state index in [9.17, 15) is 4.79 Å². The minimum atomic E-state index is -0.161. The Morgan fingerprint density at radius 3 is 2.33 bits per heavy atom. The zero-order valence-corrected chi connectivity index (χ0v) is 17.7. The van der Waals surface area contributed by atoms with E-state index < -0.39 is 0 Å². The summed E-state index contributed by atoms with van der Waals surface area (Å²) in [5.41, 5.74) is 2.40. The average molecular weight is 419 g/mol. The highest BCUT2D eigenvalue weighted by atomic mass is 32.2. The molecule has 30 heavy (non-hydrogen) atoms. The zero-order chi connectivity index (χ0) is 20.6. The van der Waals surface area contributed by atoms with Crippen LogP contribution in [-0.4, -0.2) is 45.2 Å². The number of hydrogen-bond acceptors (Lipinski definition) is 5. The second-order valence-corrected chi connectivity index (χ2v) is 8.72. The Hall–Kier alpha value is -2.70. The molecule has 1 aromatic heterocycles. The standard InChI is InChI=1S/C24H26N4OS/c29-23(22-16-21(17-27-22)30-24-25-13-7-14-26-24)28(18-20-10-5-2-6-11-20)15-12-19-8-3-1-4-9-19/h1-11,13-14,21-22,27H,12,15-18H2/t21-,22-/m0/s1. The van der Waals surface area contributed by atoms with Crippen molar-refractivity contribution in [1.82, 2.24) is 20.2 Å². The monoisotopic (exact) mass is 418 g/mol. The molecule has 0 aliphatic carbocycles. The van der Waals surface area contributed by atoms with Gasteiger partial charge in [0.15, 0.2) is 5.16 Å². The number of nitrogens with zero attached hydrogens (tertiary/aromatic N) is 3. The van der Waals surface area contributed by atoms with Crippen molar-refractivity contribution < 1.29 is 4.79 Å². The Morgan fingerprint density at radius 2 is 1.63 bits per heavy atom. The van der Waals surface area contributed by atoms with E-state index in [4.69, 9.17) is 0 Å². The number of nitrogens with one attached hydrogen (secondary N) is 1.